The number of hydrogen-bond donors (Lipinski definition) is 3. The topological polar surface area (TPSA) is 103 Å². The molecule has 2 aromatic carbocycles. The number of rotatable bonds is 3. The van der Waals surface area contributed by atoms with Crippen LogP contribution in [-0.2, 0) is 0 Å². The number of carbonyl (C=O) groups is 2. The van der Waals surface area contributed by atoms with Gasteiger partial charge in [-0.05, 0) is 35.9 Å². The van der Waals surface area contributed by atoms with Crippen LogP contribution >= 0.6 is 0 Å². The molecule has 1 amide bonds. The third-order valence-corrected chi connectivity index (χ3v) is 4.93. The first-order valence-corrected chi connectivity index (χ1v) is 9.00. The fraction of sp³-hybridized carbons (Fsp3) is 0.190. The second-order valence-corrected chi connectivity index (χ2v) is 6.68. The van der Waals surface area contributed by atoms with Gasteiger partial charge in [0.25, 0.3) is 5.91 Å². The molecule has 7 heteroatoms. The molecule has 1 aliphatic heterocycles. The minimum Gasteiger partial charge on any atom is -0.506 e. The summed E-state index contributed by atoms with van der Waals surface area (Å²) < 4.78 is 0. The van der Waals surface area contributed by atoms with Crippen LogP contribution in [-0.4, -0.2) is 58.2 Å². The van der Waals surface area contributed by atoms with Crippen LogP contribution in [0.1, 0.15) is 20.7 Å². The number of carbonyl (C=O) groups excluding carboxylic acids is 1. The molecule has 3 aromatic rings. The van der Waals surface area contributed by atoms with Gasteiger partial charge in [-0.1, -0.05) is 12.1 Å². The molecule has 0 aliphatic carbocycles. The minimum atomic E-state index is -1.08. The zero-order chi connectivity index (χ0) is 19.7. The van der Waals surface area contributed by atoms with Gasteiger partial charge in [-0.3, -0.25) is 9.78 Å². The van der Waals surface area contributed by atoms with Crippen LogP contribution in [0.15, 0.2) is 48.7 Å². The Balaban J connectivity index is 1.67. The highest BCUT2D eigenvalue weighted by Gasteiger charge is 2.18. The van der Waals surface area contributed by atoms with E-state index in [4.69, 9.17) is 0 Å². The zero-order valence-electron chi connectivity index (χ0n) is 15.1. The zero-order valence-corrected chi connectivity index (χ0v) is 15.1. The normalized spacial score (nSPS) is 14.2. The molecule has 7 nitrogen and oxygen atoms in total. The number of amides is 1. The van der Waals surface area contributed by atoms with Crippen molar-refractivity contribution in [2.75, 3.05) is 26.2 Å². The number of phenolic OH excluding ortho intramolecular Hbond substituents is 1. The summed E-state index contributed by atoms with van der Waals surface area (Å²) in [6.45, 7) is 2.98. The largest absolute Gasteiger partial charge is 0.506 e. The first-order chi connectivity index (χ1) is 13.5. The maximum atomic E-state index is 12.6. The third kappa shape index (κ3) is 3.27. The monoisotopic (exact) mass is 377 g/mol. The molecule has 0 bridgehead atoms. The van der Waals surface area contributed by atoms with Crippen LogP contribution in [0.5, 0.6) is 5.75 Å². The van der Waals surface area contributed by atoms with Crippen molar-refractivity contribution in [1.29, 1.82) is 0 Å². The number of nitrogens with zero attached hydrogens (tertiary/aromatic N) is 2. The molecule has 1 fully saturated rings. The van der Waals surface area contributed by atoms with Crippen LogP contribution in [0.3, 0.4) is 0 Å². The van der Waals surface area contributed by atoms with E-state index in [0.29, 0.717) is 29.6 Å². The second kappa shape index (κ2) is 7.28. The standard InChI is InChI=1S/C21H19N3O4/c25-18-6-5-16(21(27)28)17-11-15(12-23-19(17)18)13-1-3-14(4-2-13)20(26)24-9-7-22-8-10-24/h1-6,11-12,22,25H,7-10H2,(H,27,28). The van der Waals surface area contributed by atoms with Crippen molar-refractivity contribution in [1.82, 2.24) is 15.2 Å². The average Bonchev–Trinajstić information content (AvgIpc) is 2.74. The van der Waals surface area contributed by atoms with Gasteiger partial charge in [0.1, 0.15) is 11.3 Å². The summed E-state index contributed by atoms with van der Waals surface area (Å²) in [4.78, 5) is 30.1. The maximum Gasteiger partial charge on any atom is 0.336 e. The number of piperazine rings is 1. The van der Waals surface area contributed by atoms with Gasteiger partial charge in [0, 0.05) is 48.9 Å². The van der Waals surface area contributed by atoms with Gasteiger partial charge in [-0.25, -0.2) is 4.79 Å². The minimum absolute atomic E-state index is 0.00257. The summed E-state index contributed by atoms with van der Waals surface area (Å²) in [6, 6.07) is 11.6. The SMILES string of the molecule is O=C(O)c1ccc(O)c2ncc(-c3ccc(C(=O)N4CCNCC4)cc3)cc12. The van der Waals surface area contributed by atoms with Crippen molar-refractivity contribution in [3.8, 4) is 16.9 Å². The molecule has 0 saturated carbocycles. The molecule has 3 N–H and O–H groups in total. The molecule has 4 rings (SSSR count). The van der Waals surface area contributed by atoms with E-state index in [0.717, 1.165) is 18.7 Å². The number of fused-ring (bicyclic) bond motifs is 1. The lowest BCUT2D eigenvalue weighted by Crippen LogP contribution is -2.46. The molecule has 1 aliphatic rings. The number of nitrogens with one attached hydrogen (secondary N) is 1. The van der Waals surface area contributed by atoms with Gasteiger partial charge in [0.15, 0.2) is 0 Å². The number of benzene rings is 2. The highest BCUT2D eigenvalue weighted by Crippen LogP contribution is 2.30. The summed E-state index contributed by atoms with van der Waals surface area (Å²) in [7, 11) is 0. The highest BCUT2D eigenvalue weighted by molar-refractivity contribution is 6.05. The molecule has 0 atom stereocenters. The number of carboxylic acid groups (broad SMARTS) is 1. The number of hydrogen-bond acceptors (Lipinski definition) is 5. The van der Waals surface area contributed by atoms with Gasteiger partial charge >= 0.3 is 5.97 Å². The van der Waals surface area contributed by atoms with Crippen molar-refractivity contribution >= 4 is 22.8 Å². The van der Waals surface area contributed by atoms with E-state index < -0.39 is 5.97 Å². The van der Waals surface area contributed by atoms with Crippen molar-refractivity contribution in [3.63, 3.8) is 0 Å². The summed E-state index contributed by atoms with van der Waals surface area (Å²) in [6.07, 6.45) is 1.58. The summed E-state index contributed by atoms with van der Waals surface area (Å²) in [5, 5.41) is 22.9. The molecule has 0 radical (unpaired) electrons. The Morgan fingerprint density at radius 1 is 1.00 bits per heavy atom. The van der Waals surface area contributed by atoms with E-state index in [9.17, 15) is 19.8 Å². The van der Waals surface area contributed by atoms with Gasteiger partial charge < -0.3 is 20.4 Å². The first kappa shape index (κ1) is 17.9. The van der Waals surface area contributed by atoms with Crippen molar-refractivity contribution in [2.45, 2.75) is 0 Å². The average molecular weight is 377 g/mol. The van der Waals surface area contributed by atoms with Gasteiger partial charge in [0.05, 0.1) is 5.56 Å². The first-order valence-electron chi connectivity index (χ1n) is 9.00. The Morgan fingerprint density at radius 2 is 1.71 bits per heavy atom. The lowest BCUT2D eigenvalue weighted by Gasteiger charge is -2.27. The quantitative estimate of drug-likeness (QED) is 0.648. The van der Waals surface area contributed by atoms with Crippen LogP contribution in [0.2, 0.25) is 0 Å². The van der Waals surface area contributed by atoms with Crippen LogP contribution in [0.4, 0.5) is 0 Å². The number of aromatic nitrogens is 1. The van der Waals surface area contributed by atoms with E-state index >= 15 is 0 Å². The van der Waals surface area contributed by atoms with E-state index in [1.807, 2.05) is 17.0 Å². The summed E-state index contributed by atoms with van der Waals surface area (Å²) >= 11 is 0. The van der Waals surface area contributed by atoms with Crippen molar-refractivity contribution in [3.05, 3.63) is 59.8 Å². The van der Waals surface area contributed by atoms with E-state index in [1.54, 1.807) is 24.4 Å². The van der Waals surface area contributed by atoms with Gasteiger partial charge in [-0.2, -0.15) is 0 Å². The Kier molecular flexibility index (Phi) is 4.67. The predicted molar refractivity (Wildman–Crippen MR) is 105 cm³/mol. The Hall–Kier alpha value is -3.45. The molecule has 1 saturated heterocycles. The molecule has 142 valence electrons. The molecular weight excluding hydrogens is 358 g/mol. The van der Waals surface area contributed by atoms with Gasteiger partial charge in [0.2, 0.25) is 0 Å². The fourth-order valence-electron chi connectivity index (χ4n) is 3.41. The van der Waals surface area contributed by atoms with Gasteiger partial charge in [-0.15, -0.1) is 0 Å². The smallest absolute Gasteiger partial charge is 0.336 e. The Bertz CT molecular complexity index is 1060. The second-order valence-electron chi connectivity index (χ2n) is 6.68. The fourth-order valence-corrected chi connectivity index (χ4v) is 3.41. The van der Waals surface area contributed by atoms with Crippen molar-refractivity contribution < 1.29 is 19.8 Å². The van der Waals surface area contributed by atoms with Crippen LogP contribution < -0.4 is 5.32 Å². The number of phenols is 1. The lowest BCUT2D eigenvalue weighted by atomic mass is 10.0. The molecule has 1 aromatic heterocycles. The van der Waals surface area contributed by atoms with E-state index in [1.165, 1.54) is 12.1 Å². The number of aromatic hydroxyl groups is 1. The number of pyridine rings is 1. The lowest BCUT2D eigenvalue weighted by molar-refractivity contribution is 0.0697. The Morgan fingerprint density at radius 3 is 2.39 bits per heavy atom. The molecular formula is C21H19N3O4. The number of carboxylic acids is 1. The van der Waals surface area contributed by atoms with Crippen LogP contribution in [0.25, 0.3) is 22.0 Å². The van der Waals surface area contributed by atoms with E-state index in [2.05, 4.69) is 10.3 Å². The van der Waals surface area contributed by atoms with Crippen molar-refractivity contribution in [2.24, 2.45) is 0 Å². The molecule has 0 unspecified atom stereocenters. The third-order valence-electron chi connectivity index (χ3n) is 4.93. The Labute approximate surface area is 161 Å². The maximum absolute atomic E-state index is 12.6. The summed E-state index contributed by atoms with van der Waals surface area (Å²) in [5.74, 6) is -1.15. The molecule has 28 heavy (non-hydrogen) atoms. The molecule has 2 heterocycles. The highest BCUT2D eigenvalue weighted by atomic mass is 16.4. The summed E-state index contributed by atoms with van der Waals surface area (Å²) in [5.41, 5.74) is 2.46. The van der Waals surface area contributed by atoms with E-state index in [-0.39, 0.29) is 22.7 Å². The predicted octanol–water partition coefficient (Wildman–Crippen LogP) is 2.35. The molecule has 0 spiro atoms. The number of aromatic carboxylic acids is 1. The van der Waals surface area contributed by atoms with Crippen LogP contribution in [0, 0.1) is 0 Å².